The van der Waals surface area contributed by atoms with Crippen LogP contribution in [0.3, 0.4) is 0 Å². The largest absolute Gasteiger partial charge is 0.368 e. The number of amides is 2. The fourth-order valence-electron chi connectivity index (χ4n) is 3.44. The normalized spacial score (nSPS) is 16.2. The highest BCUT2D eigenvalue weighted by molar-refractivity contribution is 7.07. The van der Waals surface area contributed by atoms with Crippen molar-refractivity contribution in [2.24, 2.45) is 0 Å². The van der Waals surface area contributed by atoms with Gasteiger partial charge in [0.2, 0.25) is 0 Å². The van der Waals surface area contributed by atoms with E-state index in [0.717, 1.165) is 34.0 Å². The van der Waals surface area contributed by atoms with Gasteiger partial charge in [0, 0.05) is 31.0 Å². The van der Waals surface area contributed by atoms with E-state index >= 15 is 0 Å². The Balaban J connectivity index is 1.57. The van der Waals surface area contributed by atoms with Crippen LogP contribution in [0, 0.1) is 13.8 Å². The first kappa shape index (κ1) is 21.0. The van der Waals surface area contributed by atoms with Crippen LogP contribution in [0.5, 0.6) is 0 Å². The average molecular weight is 439 g/mol. The minimum atomic E-state index is -0.337. The Bertz CT molecular complexity index is 1110. The molecule has 0 unspecified atom stereocenters. The Kier molecular flexibility index (Phi) is 6.01. The van der Waals surface area contributed by atoms with Crippen molar-refractivity contribution < 1.29 is 14.3 Å². The number of aryl methyl sites for hydroxylation is 2. The minimum absolute atomic E-state index is 0.0809. The van der Waals surface area contributed by atoms with Gasteiger partial charge in [0.25, 0.3) is 11.8 Å². The van der Waals surface area contributed by atoms with Crippen LogP contribution in [0.4, 0.5) is 0 Å². The van der Waals surface area contributed by atoms with Crippen LogP contribution in [-0.2, 0) is 4.74 Å². The lowest BCUT2D eigenvalue weighted by atomic mass is 10.0. The van der Waals surface area contributed by atoms with Gasteiger partial charge in [-0.15, -0.1) is 5.10 Å². The van der Waals surface area contributed by atoms with Crippen molar-refractivity contribution in [3.63, 3.8) is 0 Å². The number of nitrogens with one attached hydrogen (secondary N) is 1. The van der Waals surface area contributed by atoms with Gasteiger partial charge in [-0.1, -0.05) is 10.6 Å². The van der Waals surface area contributed by atoms with E-state index in [1.807, 2.05) is 25.1 Å². The molecule has 1 aliphatic heterocycles. The van der Waals surface area contributed by atoms with Crippen molar-refractivity contribution >= 4 is 23.3 Å². The standard InChI is InChI=1S/C21H22N6O3S/c1-12-8-15(14-4-5-16(23-10-14)20(28)22-3)9-17(24-12)18-11-27(6-7-30-18)21(29)19-13(2)25-26-31-19/h4-5,8-10,18H,6-7,11H2,1-3H3,(H,22,28)/t18-/m1/s1. The Morgan fingerprint density at radius 3 is 2.74 bits per heavy atom. The first-order valence-corrected chi connectivity index (χ1v) is 10.6. The predicted molar refractivity (Wildman–Crippen MR) is 115 cm³/mol. The number of hydrogen-bond donors (Lipinski definition) is 1. The lowest BCUT2D eigenvalue weighted by molar-refractivity contribution is -0.0246. The molecule has 0 bridgehead atoms. The summed E-state index contributed by atoms with van der Waals surface area (Å²) >= 11 is 1.11. The van der Waals surface area contributed by atoms with Gasteiger partial charge in [0.05, 0.1) is 24.5 Å². The van der Waals surface area contributed by atoms with E-state index in [4.69, 9.17) is 4.74 Å². The highest BCUT2D eigenvalue weighted by Gasteiger charge is 2.29. The second-order valence-corrected chi connectivity index (χ2v) is 7.99. The fourth-order valence-corrected chi connectivity index (χ4v) is 4.06. The van der Waals surface area contributed by atoms with Crippen molar-refractivity contribution in [1.29, 1.82) is 0 Å². The Morgan fingerprint density at radius 2 is 2.06 bits per heavy atom. The molecule has 0 spiro atoms. The van der Waals surface area contributed by atoms with Crippen molar-refractivity contribution in [3.05, 3.63) is 58.1 Å². The number of hydrogen-bond acceptors (Lipinski definition) is 8. The zero-order chi connectivity index (χ0) is 22.0. The molecule has 31 heavy (non-hydrogen) atoms. The average Bonchev–Trinajstić information content (AvgIpc) is 3.23. The van der Waals surface area contributed by atoms with E-state index in [1.54, 1.807) is 31.1 Å². The lowest BCUT2D eigenvalue weighted by Gasteiger charge is -2.32. The molecule has 0 radical (unpaired) electrons. The van der Waals surface area contributed by atoms with Gasteiger partial charge >= 0.3 is 0 Å². The smallest absolute Gasteiger partial charge is 0.269 e. The number of ether oxygens (including phenoxy) is 1. The summed E-state index contributed by atoms with van der Waals surface area (Å²) in [5, 5.41) is 6.50. The third-order valence-electron chi connectivity index (χ3n) is 5.06. The van der Waals surface area contributed by atoms with E-state index < -0.39 is 0 Å². The molecule has 1 fully saturated rings. The fraction of sp³-hybridized carbons (Fsp3) is 0.333. The van der Waals surface area contributed by atoms with Gasteiger partial charge in [0.1, 0.15) is 16.7 Å². The van der Waals surface area contributed by atoms with E-state index in [2.05, 4.69) is 24.9 Å². The van der Waals surface area contributed by atoms with Crippen LogP contribution in [0.1, 0.15) is 43.3 Å². The molecule has 1 saturated heterocycles. The highest BCUT2D eigenvalue weighted by atomic mass is 32.1. The number of carbonyl (C=O) groups excluding carboxylic acids is 2. The van der Waals surface area contributed by atoms with Crippen LogP contribution in [0.25, 0.3) is 11.1 Å². The number of aromatic nitrogens is 4. The Labute approximate surface area is 183 Å². The monoisotopic (exact) mass is 438 g/mol. The second-order valence-electron chi connectivity index (χ2n) is 7.23. The topological polar surface area (TPSA) is 110 Å². The molecule has 0 aromatic carbocycles. The Hall–Kier alpha value is -3.24. The molecule has 2 amide bonds. The van der Waals surface area contributed by atoms with E-state index in [9.17, 15) is 9.59 Å². The third kappa shape index (κ3) is 4.44. The highest BCUT2D eigenvalue weighted by Crippen LogP contribution is 2.28. The summed E-state index contributed by atoms with van der Waals surface area (Å²) in [6, 6.07) is 7.44. The third-order valence-corrected chi connectivity index (χ3v) is 5.87. The summed E-state index contributed by atoms with van der Waals surface area (Å²) in [5.74, 6) is -0.312. The molecule has 9 nitrogen and oxygen atoms in total. The van der Waals surface area contributed by atoms with Crippen LogP contribution in [-0.4, -0.2) is 63.0 Å². The molecule has 0 aliphatic carbocycles. The zero-order valence-electron chi connectivity index (χ0n) is 17.5. The molecular weight excluding hydrogens is 416 g/mol. The van der Waals surface area contributed by atoms with Gasteiger partial charge in [-0.3, -0.25) is 19.6 Å². The molecule has 1 atom stereocenters. The number of nitrogens with zero attached hydrogens (tertiary/aromatic N) is 5. The first-order valence-electron chi connectivity index (χ1n) is 9.83. The number of carbonyl (C=O) groups is 2. The molecule has 3 aromatic heterocycles. The van der Waals surface area contributed by atoms with Crippen molar-refractivity contribution in [2.45, 2.75) is 20.0 Å². The lowest BCUT2D eigenvalue weighted by Crippen LogP contribution is -2.42. The molecule has 1 N–H and O–H groups in total. The van der Waals surface area contributed by atoms with E-state index in [-0.39, 0.29) is 17.9 Å². The molecule has 160 valence electrons. The maximum Gasteiger partial charge on any atom is 0.269 e. The van der Waals surface area contributed by atoms with Gasteiger partial charge in [-0.05, 0) is 49.1 Å². The zero-order valence-corrected chi connectivity index (χ0v) is 18.3. The van der Waals surface area contributed by atoms with Crippen LogP contribution >= 0.6 is 11.5 Å². The predicted octanol–water partition coefficient (Wildman–Crippen LogP) is 2.19. The van der Waals surface area contributed by atoms with Crippen molar-refractivity contribution in [1.82, 2.24) is 29.8 Å². The molecule has 1 aliphatic rings. The van der Waals surface area contributed by atoms with Crippen LogP contribution < -0.4 is 5.32 Å². The summed E-state index contributed by atoms with van der Waals surface area (Å²) in [6.45, 7) is 5.04. The summed E-state index contributed by atoms with van der Waals surface area (Å²) < 4.78 is 9.81. The van der Waals surface area contributed by atoms with Gasteiger partial charge < -0.3 is 15.0 Å². The quantitative estimate of drug-likeness (QED) is 0.665. The van der Waals surface area contributed by atoms with E-state index in [1.165, 1.54) is 0 Å². The SMILES string of the molecule is CNC(=O)c1ccc(-c2cc(C)nc([C@H]3CN(C(=O)c4snnc4C)CCO3)c2)cn1. The van der Waals surface area contributed by atoms with Gasteiger partial charge in [-0.25, -0.2) is 0 Å². The maximum atomic E-state index is 12.9. The van der Waals surface area contributed by atoms with Gasteiger partial charge in [-0.2, -0.15) is 0 Å². The maximum absolute atomic E-state index is 12.9. The van der Waals surface area contributed by atoms with Gasteiger partial charge in [0.15, 0.2) is 0 Å². The second kappa shape index (κ2) is 8.86. The number of pyridine rings is 2. The molecule has 0 saturated carbocycles. The summed E-state index contributed by atoms with van der Waals surface area (Å²) in [5.41, 5.74) is 4.37. The van der Waals surface area contributed by atoms with Crippen molar-refractivity contribution in [2.75, 3.05) is 26.7 Å². The van der Waals surface area contributed by atoms with Crippen LogP contribution in [0.2, 0.25) is 0 Å². The number of morpholine rings is 1. The van der Waals surface area contributed by atoms with E-state index in [0.29, 0.717) is 36.0 Å². The van der Waals surface area contributed by atoms with Crippen LogP contribution in [0.15, 0.2) is 30.5 Å². The number of rotatable bonds is 4. The molecule has 4 rings (SSSR count). The molecule has 4 heterocycles. The van der Waals surface area contributed by atoms with Crippen molar-refractivity contribution in [3.8, 4) is 11.1 Å². The summed E-state index contributed by atoms with van der Waals surface area (Å²) in [7, 11) is 1.57. The molecule has 10 heteroatoms. The summed E-state index contributed by atoms with van der Waals surface area (Å²) in [4.78, 5) is 35.8. The first-order chi connectivity index (χ1) is 15.0. The molecular formula is C21H22N6O3S. The minimum Gasteiger partial charge on any atom is -0.368 e. The Morgan fingerprint density at radius 1 is 1.23 bits per heavy atom. The molecule has 3 aromatic rings. The summed E-state index contributed by atoms with van der Waals surface area (Å²) in [6.07, 6.45) is 1.33.